The first-order valence-corrected chi connectivity index (χ1v) is 8.65. The van der Waals surface area contributed by atoms with E-state index in [0.717, 1.165) is 10.5 Å². The molecule has 1 aromatic heterocycles. The Balaban J connectivity index is 1.52. The summed E-state index contributed by atoms with van der Waals surface area (Å²) in [5, 5.41) is 13.6. The summed E-state index contributed by atoms with van der Waals surface area (Å²) in [5.74, 6) is -0.0347. The van der Waals surface area contributed by atoms with Crippen LogP contribution in [0.1, 0.15) is 16.1 Å². The summed E-state index contributed by atoms with van der Waals surface area (Å²) in [7, 11) is 0. The van der Waals surface area contributed by atoms with E-state index in [1.807, 2.05) is 0 Å². The molecule has 1 fully saturated rings. The number of amides is 2. The average Bonchev–Trinajstić information content (AvgIpc) is 3.18. The van der Waals surface area contributed by atoms with E-state index < -0.39 is 4.92 Å². The number of furan rings is 1. The second-order valence-electron chi connectivity index (χ2n) is 6.50. The fourth-order valence-corrected chi connectivity index (χ4v) is 3.04. The Kier molecular flexibility index (Phi) is 5.51. The van der Waals surface area contributed by atoms with E-state index in [1.165, 1.54) is 18.4 Å². The van der Waals surface area contributed by atoms with E-state index in [2.05, 4.69) is 5.32 Å². The molecule has 1 aliphatic rings. The Morgan fingerprint density at radius 2 is 2.04 bits per heavy atom. The van der Waals surface area contributed by atoms with E-state index in [9.17, 15) is 19.7 Å². The lowest BCUT2D eigenvalue weighted by molar-refractivity contribution is -0.895. The summed E-state index contributed by atoms with van der Waals surface area (Å²) < 4.78 is 5.13. The number of rotatable bonds is 5. The molecule has 9 heteroatoms. The van der Waals surface area contributed by atoms with Crippen LogP contribution in [0, 0.1) is 17.0 Å². The Morgan fingerprint density at radius 3 is 2.67 bits per heavy atom. The predicted molar refractivity (Wildman–Crippen MR) is 96.6 cm³/mol. The van der Waals surface area contributed by atoms with Gasteiger partial charge in [-0.1, -0.05) is 6.07 Å². The topological polar surface area (TPSA) is 110 Å². The number of anilines is 1. The van der Waals surface area contributed by atoms with E-state index >= 15 is 0 Å². The van der Waals surface area contributed by atoms with Gasteiger partial charge in [0.2, 0.25) is 0 Å². The van der Waals surface area contributed by atoms with Crippen molar-refractivity contribution in [1.29, 1.82) is 0 Å². The Hall–Kier alpha value is -3.20. The van der Waals surface area contributed by atoms with Gasteiger partial charge in [0.1, 0.15) is 0 Å². The second kappa shape index (κ2) is 8.00. The highest BCUT2D eigenvalue weighted by Gasteiger charge is 2.27. The van der Waals surface area contributed by atoms with Gasteiger partial charge in [0.15, 0.2) is 12.3 Å². The van der Waals surface area contributed by atoms with Crippen molar-refractivity contribution in [2.45, 2.75) is 6.92 Å². The molecule has 1 aromatic carbocycles. The van der Waals surface area contributed by atoms with Gasteiger partial charge in [0.05, 0.1) is 43.1 Å². The van der Waals surface area contributed by atoms with Crippen LogP contribution in [-0.4, -0.2) is 54.4 Å². The quantitative estimate of drug-likeness (QED) is 0.585. The van der Waals surface area contributed by atoms with Gasteiger partial charge in [-0.15, -0.1) is 0 Å². The lowest BCUT2D eigenvalue weighted by atomic mass is 10.2. The molecule has 0 radical (unpaired) electrons. The van der Waals surface area contributed by atoms with E-state index in [-0.39, 0.29) is 24.0 Å². The Bertz CT molecular complexity index is 841. The van der Waals surface area contributed by atoms with Crippen molar-refractivity contribution < 1.29 is 23.8 Å². The van der Waals surface area contributed by atoms with Gasteiger partial charge in [-0.05, 0) is 24.6 Å². The standard InChI is InChI=1S/C18H20N4O5/c1-13-4-5-14(22(25)26)11-15(13)19-17(23)12-20-6-8-21(9-7-20)18(24)16-3-2-10-27-16/h2-5,10-11H,6-9,12H2,1H3,(H,19,23)/p+1. The number of carbonyl (C=O) groups is 2. The van der Waals surface area contributed by atoms with Crippen molar-refractivity contribution in [3.63, 3.8) is 0 Å². The number of hydrogen-bond acceptors (Lipinski definition) is 5. The van der Waals surface area contributed by atoms with Crippen LogP contribution in [0.5, 0.6) is 0 Å². The highest BCUT2D eigenvalue weighted by molar-refractivity contribution is 5.93. The third-order valence-corrected chi connectivity index (χ3v) is 4.61. The number of carbonyl (C=O) groups excluding carboxylic acids is 2. The molecule has 0 spiro atoms. The number of nitro benzene ring substituents is 1. The van der Waals surface area contributed by atoms with Gasteiger partial charge in [0.25, 0.3) is 17.5 Å². The number of nitrogens with one attached hydrogen (secondary N) is 2. The van der Waals surface area contributed by atoms with Crippen LogP contribution in [0.25, 0.3) is 0 Å². The molecular formula is C18H21N4O5+. The number of benzene rings is 1. The summed E-state index contributed by atoms with van der Waals surface area (Å²) >= 11 is 0. The molecule has 0 saturated carbocycles. The summed E-state index contributed by atoms with van der Waals surface area (Å²) in [4.78, 5) is 37.7. The average molecular weight is 373 g/mol. The fourth-order valence-electron chi connectivity index (χ4n) is 3.04. The largest absolute Gasteiger partial charge is 0.459 e. The van der Waals surface area contributed by atoms with E-state index in [1.54, 1.807) is 30.0 Å². The maximum Gasteiger partial charge on any atom is 0.289 e. The smallest absolute Gasteiger partial charge is 0.289 e. The third-order valence-electron chi connectivity index (χ3n) is 4.61. The molecule has 2 heterocycles. The van der Waals surface area contributed by atoms with Gasteiger partial charge in [-0.3, -0.25) is 19.7 Å². The second-order valence-corrected chi connectivity index (χ2v) is 6.50. The minimum Gasteiger partial charge on any atom is -0.459 e. The molecule has 2 aromatic rings. The molecule has 2 amide bonds. The highest BCUT2D eigenvalue weighted by Crippen LogP contribution is 2.21. The van der Waals surface area contributed by atoms with Crippen molar-refractivity contribution in [2.75, 3.05) is 38.0 Å². The molecule has 1 aliphatic heterocycles. The monoisotopic (exact) mass is 373 g/mol. The van der Waals surface area contributed by atoms with Gasteiger partial charge in [0, 0.05) is 12.1 Å². The van der Waals surface area contributed by atoms with Crippen LogP contribution < -0.4 is 10.2 Å². The first-order valence-electron chi connectivity index (χ1n) is 8.65. The van der Waals surface area contributed by atoms with Crippen LogP contribution in [-0.2, 0) is 4.79 Å². The molecule has 2 N–H and O–H groups in total. The SMILES string of the molecule is Cc1ccc([N+](=O)[O-])cc1NC(=O)C[NH+]1CCN(C(=O)c2ccco2)CC1. The van der Waals surface area contributed by atoms with Gasteiger partial charge in [-0.25, -0.2) is 0 Å². The molecule has 0 unspecified atom stereocenters. The number of hydrogen-bond donors (Lipinski definition) is 2. The zero-order valence-corrected chi connectivity index (χ0v) is 14.9. The fraction of sp³-hybridized carbons (Fsp3) is 0.333. The number of non-ortho nitro benzene ring substituents is 1. The summed E-state index contributed by atoms with van der Waals surface area (Å²) in [6.45, 7) is 4.40. The zero-order valence-electron chi connectivity index (χ0n) is 14.9. The lowest BCUT2D eigenvalue weighted by Crippen LogP contribution is -3.15. The maximum absolute atomic E-state index is 12.3. The summed E-state index contributed by atoms with van der Waals surface area (Å²) in [5.41, 5.74) is 1.14. The molecule has 0 bridgehead atoms. The van der Waals surface area contributed by atoms with E-state index in [4.69, 9.17) is 4.42 Å². The zero-order chi connectivity index (χ0) is 19.4. The summed E-state index contributed by atoms with van der Waals surface area (Å²) in [6.07, 6.45) is 1.47. The molecule has 27 heavy (non-hydrogen) atoms. The van der Waals surface area contributed by atoms with Gasteiger partial charge in [-0.2, -0.15) is 0 Å². The predicted octanol–water partition coefficient (Wildman–Crippen LogP) is 0.476. The number of aryl methyl sites for hydroxylation is 1. The minimum atomic E-state index is -0.490. The third kappa shape index (κ3) is 4.50. The summed E-state index contributed by atoms with van der Waals surface area (Å²) in [6, 6.07) is 7.69. The first-order chi connectivity index (χ1) is 12.9. The highest BCUT2D eigenvalue weighted by atomic mass is 16.6. The van der Waals surface area contributed by atoms with Crippen molar-refractivity contribution in [2.24, 2.45) is 0 Å². The van der Waals surface area contributed by atoms with Crippen LogP contribution in [0.3, 0.4) is 0 Å². The maximum atomic E-state index is 12.3. The lowest BCUT2D eigenvalue weighted by Gasteiger charge is -2.31. The van der Waals surface area contributed by atoms with Crippen LogP contribution >= 0.6 is 0 Å². The Morgan fingerprint density at radius 1 is 1.30 bits per heavy atom. The van der Waals surface area contributed by atoms with Crippen molar-refractivity contribution >= 4 is 23.2 Å². The van der Waals surface area contributed by atoms with Gasteiger partial charge >= 0.3 is 0 Å². The number of nitrogens with zero attached hydrogens (tertiary/aromatic N) is 2. The number of nitro groups is 1. The molecule has 142 valence electrons. The minimum absolute atomic E-state index is 0.0618. The van der Waals surface area contributed by atoms with Crippen molar-refractivity contribution in [3.05, 3.63) is 58.0 Å². The Labute approximate surface area is 155 Å². The molecule has 0 aliphatic carbocycles. The number of piperazine rings is 1. The van der Waals surface area contributed by atoms with Crippen molar-refractivity contribution in [3.8, 4) is 0 Å². The van der Waals surface area contributed by atoms with Crippen LogP contribution in [0.2, 0.25) is 0 Å². The van der Waals surface area contributed by atoms with Crippen molar-refractivity contribution in [1.82, 2.24) is 4.90 Å². The normalized spacial score (nSPS) is 14.8. The first kappa shape index (κ1) is 18.6. The molecule has 1 saturated heterocycles. The molecule has 9 nitrogen and oxygen atoms in total. The van der Waals surface area contributed by atoms with Crippen LogP contribution in [0.4, 0.5) is 11.4 Å². The molecule has 3 rings (SSSR count). The molecule has 0 atom stereocenters. The van der Waals surface area contributed by atoms with E-state index in [0.29, 0.717) is 37.6 Å². The number of quaternary nitrogens is 1. The van der Waals surface area contributed by atoms with Gasteiger partial charge < -0.3 is 19.5 Å². The van der Waals surface area contributed by atoms with Crippen LogP contribution in [0.15, 0.2) is 41.0 Å². The molecular weight excluding hydrogens is 352 g/mol.